The molecule has 1 aliphatic heterocycles. The Balaban J connectivity index is 2.17. The van der Waals surface area contributed by atoms with Crippen molar-refractivity contribution in [2.45, 2.75) is 26.2 Å². The number of hydrogen-bond donors (Lipinski definition) is 2. The molecular formula is C15H18N2O4. The third-order valence-corrected chi connectivity index (χ3v) is 3.67. The average molecular weight is 290 g/mol. The van der Waals surface area contributed by atoms with Crippen molar-refractivity contribution in [1.29, 1.82) is 0 Å². The SMILES string of the molecule is CCCCC(CN1C(=O)c2ccccc2C1=O)C(=O)NO. The van der Waals surface area contributed by atoms with Gasteiger partial charge in [-0.25, -0.2) is 5.48 Å². The molecule has 112 valence electrons. The van der Waals surface area contributed by atoms with Gasteiger partial charge >= 0.3 is 0 Å². The third kappa shape index (κ3) is 2.95. The van der Waals surface area contributed by atoms with Crippen molar-refractivity contribution in [1.82, 2.24) is 10.4 Å². The molecule has 21 heavy (non-hydrogen) atoms. The lowest BCUT2D eigenvalue weighted by atomic mass is 10.0. The largest absolute Gasteiger partial charge is 0.289 e. The van der Waals surface area contributed by atoms with Gasteiger partial charge in [0.2, 0.25) is 5.91 Å². The van der Waals surface area contributed by atoms with E-state index in [9.17, 15) is 14.4 Å². The minimum atomic E-state index is -0.600. The Bertz CT molecular complexity index is 536. The fourth-order valence-corrected chi connectivity index (χ4v) is 2.47. The van der Waals surface area contributed by atoms with Crippen LogP contribution < -0.4 is 5.48 Å². The highest BCUT2D eigenvalue weighted by atomic mass is 16.5. The monoisotopic (exact) mass is 290 g/mol. The summed E-state index contributed by atoms with van der Waals surface area (Å²) in [6.45, 7) is 1.97. The molecule has 6 heteroatoms. The highest BCUT2D eigenvalue weighted by molar-refractivity contribution is 6.21. The lowest BCUT2D eigenvalue weighted by Gasteiger charge is -2.20. The summed E-state index contributed by atoms with van der Waals surface area (Å²) in [4.78, 5) is 37.2. The molecule has 2 rings (SSSR count). The Kier molecular flexibility index (Phi) is 4.70. The molecule has 1 aliphatic rings. The van der Waals surface area contributed by atoms with Gasteiger partial charge in [-0.05, 0) is 18.6 Å². The van der Waals surface area contributed by atoms with E-state index in [1.807, 2.05) is 6.92 Å². The summed E-state index contributed by atoms with van der Waals surface area (Å²) in [6.07, 6.45) is 2.18. The van der Waals surface area contributed by atoms with Gasteiger partial charge in [-0.2, -0.15) is 0 Å². The first-order chi connectivity index (χ1) is 10.1. The summed E-state index contributed by atoms with van der Waals surface area (Å²) < 4.78 is 0. The second kappa shape index (κ2) is 6.49. The molecule has 6 nitrogen and oxygen atoms in total. The Labute approximate surface area is 122 Å². The molecule has 3 amide bonds. The summed E-state index contributed by atoms with van der Waals surface area (Å²) in [5, 5.41) is 8.80. The molecule has 0 spiro atoms. The number of carbonyl (C=O) groups is 3. The van der Waals surface area contributed by atoms with Crippen LogP contribution in [0.25, 0.3) is 0 Å². The summed E-state index contributed by atoms with van der Waals surface area (Å²) in [7, 11) is 0. The smallest absolute Gasteiger partial charge is 0.261 e. The predicted octanol–water partition coefficient (Wildman–Crippen LogP) is 1.59. The van der Waals surface area contributed by atoms with Crippen molar-refractivity contribution < 1.29 is 19.6 Å². The maximum atomic E-state index is 12.2. The van der Waals surface area contributed by atoms with E-state index < -0.39 is 11.8 Å². The lowest BCUT2D eigenvalue weighted by molar-refractivity contribution is -0.133. The number of hydrogen-bond acceptors (Lipinski definition) is 4. The number of imide groups is 1. The van der Waals surface area contributed by atoms with Crippen molar-refractivity contribution in [3.05, 3.63) is 35.4 Å². The fraction of sp³-hybridized carbons (Fsp3) is 0.400. The van der Waals surface area contributed by atoms with Crippen LogP contribution >= 0.6 is 0 Å². The van der Waals surface area contributed by atoms with Gasteiger partial charge in [0.05, 0.1) is 17.0 Å². The van der Waals surface area contributed by atoms with Gasteiger partial charge in [0, 0.05) is 6.54 Å². The van der Waals surface area contributed by atoms with E-state index in [-0.39, 0.29) is 18.4 Å². The van der Waals surface area contributed by atoms with Crippen LogP contribution in [0.2, 0.25) is 0 Å². The molecule has 0 aromatic heterocycles. The number of fused-ring (bicyclic) bond motifs is 1. The second-order valence-electron chi connectivity index (χ2n) is 5.08. The lowest BCUT2D eigenvalue weighted by Crippen LogP contribution is -2.40. The molecule has 1 heterocycles. The van der Waals surface area contributed by atoms with E-state index in [1.54, 1.807) is 29.7 Å². The predicted molar refractivity (Wildman–Crippen MR) is 74.8 cm³/mol. The molecule has 0 saturated carbocycles. The minimum Gasteiger partial charge on any atom is -0.289 e. The molecule has 1 aromatic carbocycles. The number of nitrogens with zero attached hydrogens (tertiary/aromatic N) is 1. The molecule has 1 unspecified atom stereocenters. The van der Waals surface area contributed by atoms with Crippen LogP contribution in [0.4, 0.5) is 0 Å². The number of benzene rings is 1. The van der Waals surface area contributed by atoms with Gasteiger partial charge < -0.3 is 0 Å². The Morgan fingerprint density at radius 1 is 1.24 bits per heavy atom. The Morgan fingerprint density at radius 2 is 1.81 bits per heavy atom. The molecule has 0 fully saturated rings. The van der Waals surface area contributed by atoms with Gasteiger partial charge in [-0.1, -0.05) is 31.9 Å². The van der Waals surface area contributed by atoms with Crippen molar-refractivity contribution in [2.24, 2.45) is 5.92 Å². The van der Waals surface area contributed by atoms with Crippen LogP contribution in [-0.4, -0.2) is 34.4 Å². The zero-order valence-electron chi connectivity index (χ0n) is 11.8. The van der Waals surface area contributed by atoms with Crippen LogP contribution in [0.3, 0.4) is 0 Å². The van der Waals surface area contributed by atoms with Crippen LogP contribution in [0.15, 0.2) is 24.3 Å². The van der Waals surface area contributed by atoms with E-state index in [4.69, 9.17) is 5.21 Å². The standard InChI is InChI=1S/C15H18N2O4/c1-2-3-6-10(13(18)16-21)9-17-14(19)11-7-4-5-8-12(11)15(17)20/h4-5,7-8,10,21H,2-3,6,9H2,1H3,(H,16,18). The van der Waals surface area contributed by atoms with E-state index in [0.717, 1.165) is 17.7 Å². The fourth-order valence-electron chi connectivity index (χ4n) is 2.47. The summed E-state index contributed by atoms with van der Waals surface area (Å²) in [5.41, 5.74) is 2.33. The van der Waals surface area contributed by atoms with E-state index in [2.05, 4.69) is 0 Å². The van der Waals surface area contributed by atoms with Crippen molar-refractivity contribution in [2.75, 3.05) is 6.54 Å². The van der Waals surface area contributed by atoms with Gasteiger partial charge in [-0.3, -0.25) is 24.5 Å². The molecule has 0 bridgehead atoms. The number of amides is 3. The molecule has 0 aliphatic carbocycles. The second-order valence-corrected chi connectivity index (χ2v) is 5.08. The quantitative estimate of drug-likeness (QED) is 0.473. The molecule has 2 N–H and O–H groups in total. The maximum Gasteiger partial charge on any atom is 0.261 e. The van der Waals surface area contributed by atoms with Crippen molar-refractivity contribution in [3.63, 3.8) is 0 Å². The highest BCUT2D eigenvalue weighted by Crippen LogP contribution is 2.24. The molecule has 1 atom stereocenters. The average Bonchev–Trinajstić information content (AvgIpc) is 2.75. The topological polar surface area (TPSA) is 86.7 Å². The van der Waals surface area contributed by atoms with Crippen molar-refractivity contribution in [3.8, 4) is 0 Å². The van der Waals surface area contributed by atoms with Gasteiger partial charge in [0.15, 0.2) is 0 Å². The number of rotatable bonds is 6. The van der Waals surface area contributed by atoms with Gasteiger partial charge in [-0.15, -0.1) is 0 Å². The van der Waals surface area contributed by atoms with Crippen LogP contribution in [0.5, 0.6) is 0 Å². The van der Waals surface area contributed by atoms with Gasteiger partial charge in [0.25, 0.3) is 11.8 Å². The normalized spacial score (nSPS) is 15.0. The van der Waals surface area contributed by atoms with E-state index >= 15 is 0 Å². The molecular weight excluding hydrogens is 272 g/mol. The minimum absolute atomic E-state index is 0.0151. The van der Waals surface area contributed by atoms with Crippen LogP contribution in [0, 0.1) is 5.92 Å². The molecule has 1 aromatic rings. The van der Waals surface area contributed by atoms with Crippen molar-refractivity contribution >= 4 is 17.7 Å². The number of unbranched alkanes of at least 4 members (excludes halogenated alkanes) is 1. The summed E-state index contributed by atoms with van der Waals surface area (Å²) in [5.74, 6) is -1.94. The third-order valence-electron chi connectivity index (χ3n) is 3.67. The summed E-state index contributed by atoms with van der Waals surface area (Å²) >= 11 is 0. The van der Waals surface area contributed by atoms with E-state index in [0.29, 0.717) is 17.5 Å². The zero-order chi connectivity index (χ0) is 15.4. The number of hydroxylamine groups is 1. The highest BCUT2D eigenvalue weighted by Gasteiger charge is 2.37. The Morgan fingerprint density at radius 3 is 2.29 bits per heavy atom. The first-order valence-electron chi connectivity index (χ1n) is 6.99. The molecule has 0 radical (unpaired) electrons. The van der Waals surface area contributed by atoms with Crippen LogP contribution in [-0.2, 0) is 4.79 Å². The Hall–Kier alpha value is -2.21. The van der Waals surface area contributed by atoms with Crippen LogP contribution in [0.1, 0.15) is 46.9 Å². The van der Waals surface area contributed by atoms with E-state index in [1.165, 1.54) is 0 Å². The number of nitrogens with one attached hydrogen (secondary N) is 1. The maximum absolute atomic E-state index is 12.2. The summed E-state index contributed by atoms with van der Waals surface area (Å²) in [6, 6.07) is 6.59. The number of carbonyl (C=O) groups excluding carboxylic acids is 3. The first kappa shape index (κ1) is 15.2. The molecule has 0 saturated heterocycles. The zero-order valence-corrected chi connectivity index (χ0v) is 11.8. The van der Waals surface area contributed by atoms with Gasteiger partial charge in [0.1, 0.15) is 0 Å². The first-order valence-corrected chi connectivity index (χ1v) is 6.99.